The second-order valence-corrected chi connectivity index (χ2v) is 6.12. The molecule has 1 unspecified atom stereocenters. The number of rotatable bonds is 5. The second kappa shape index (κ2) is 7.01. The van der Waals surface area contributed by atoms with Gasteiger partial charge in [0.1, 0.15) is 0 Å². The second-order valence-electron chi connectivity index (χ2n) is 4.36. The number of halogens is 1. The first kappa shape index (κ1) is 14.5. The van der Waals surface area contributed by atoms with Crippen molar-refractivity contribution in [2.24, 2.45) is 0 Å². The molecule has 1 atom stereocenters. The highest BCUT2D eigenvalue weighted by Gasteiger charge is 2.11. The van der Waals surface area contributed by atoms with Crippen LogP contribution in [0.4, 0.5) is 5.69 Å². The molecule has 2 rings (SSSR count). The van der Waals surface area contributed by atoms with Crippen LogP contribution < -0.4 is 5.32 Å². The van der Waals surface area contributed by atoms with E-state index < -0.39 is 0 Å². The van der Waals surface area contributed by atoms with Gasteiger partial charge < -0.3 is 5.32 Å². The highest BCUT2D eigenvalue weighted by Crippen LogP contribution is 2.30. The maximum absolute atomic E-state index is 3.65. The third kappa shape index (κ3) is 3.77. The van der Waals surface area contributed by atoms with E-state index in [1.807, 2.05) is 0 Å². The van der Waals surface area contributed by atoms with Gasteiger partial charge in [-0.15, -0.1) is 11.8 Å². The van der Waals surface area contributed by atoms with E-state index >= 15 is 0 Å². The Morgan fingerprint density at radius 1 is 1.16 bits per heavy atom. The third-order valence-corrected chi connectivity index (χ3v) is 4.39. The van der Waals surface area contributed by atoms with Crippen LogP contribution >= 0.6 is 27.7 Å². The van der Waals surface area contributed by atoms with Gasteiger partial charge in [0.25, 0.3) is 0 Å². The summed E-state index contributed by atoms with van der Waals surface area (Å²) >= 11 is 5.32. The number of nitrogens with one attached hydrogen (secondary N) is 1. The molecule has 0 spiro atoms. The van der Waals surface area contributed by atoms with E-state index in [2.05, 4.69) is 83.0 Å². The van der Waals surface area contributed by atoms with Crippen molar-refractivity contribution in [3.63, 3.8) is 0 Å². The molecule has 0 saturated heterocycles. The van der Waals surface area contributed by atoms with Gasteiger partial charge in [0.15, 0.2) is 0 Å². The molecule has 0 aliphatic carbocycles. The summed E-state index contributed by atoms with van der Waals surface area (Å²) in [7, 11) is 0. The molecule has 0 aromatic heterocycles. The van der Waals surface area contributed by atoms with E-state index in [0.29, 0.717) is 6.04 Å². The zero-order chi connectivity index (χ0) is 13.7. The first-order valence-electron chi connectivity index (χ1n) is 6.39. The molecule has 0 aliphatic rings. The predicted molar refractivity (Wildman–Crippen MR) is 89.0 cm³/mol. The Morgan fingerprint density at radius 2 is 1.95 bits per heavy atom. The van der Waals surface area contributed by atoms with Crippen molar-refractivity contribution >= 4 is 33.4 Å². The summed E-state index contributed by atoms with van der Waals surface area (Å²) < 4.78 is 1.13. The van der Waals surface area contributed by atoms with Crippen molar-refractivity contribution < 1.29 is 0 Å². The molecule has 0 radical (unpaired) electrons. The van der Waals surface area contributed by atoms with Crippen molar-refractivity contribution in [2.75, 3.05) is 11.6 Å². The van der Waals surface area contributed by atoms with Crippen molar-refractivity contribution in [2.45, 2.75) is 24.3 Å². The zero-order valence-corrected chi connectivity index (χ0v) is 13.6. The normalized spacial score (nSPS) is 12.2. The van der Waals surface area contributed by atoms with Crippen LogP contribution in [0.2, 0.25) is 0 Å². The Balaban J connectivity index is 2.24. The Morgan fingerprint density at radius 3 is 2.63 bits per heavy atom. The molecule has 3 heteroatoms. The standard InChI is InChI=1S/C16H18BrNS/c1-3-14(12-7-6-8-13(17)11-12)18-15-9-4-5-10-16(15)19-2/h4-11,14,18H,3H2,1-2H3. The maximum Gasteiger partial charge on any atom is 0.0512 e. The number of hydrogen-bond donors (Lipinski definition) is 1. The molecule has 0 bridgehead atoms. The minimum absolute atomic E-state index is 0.339. The summed E-state index contributed by atoms with van der Waals surface area (Å²) in [6.45, 7) is 2.21. The molecule has 0 saturated carbocycles. The van der Waals surface area contributed by atoms with E-state index in [4.69, 9.17) is 0 Å². The number of anilines is 1. The van der Waals surface area contributed by atoms with Crippen LogP contribution in [-0.2, 0) is 0 Å². The Bertz CT molecular complexity index is 542. The quantitative estimate of drug-likeness (QED) is 0.699. The van der Waals surface area contributed by atoms with Crippen LogP contribution in [-0.4, -0.2) is 6.26 Å². The molecule has 2 aromatic carbocycles. The molecule has 0 amide bonds. The number of benzene rings is 2. The average molecular weight is 336 g/mol. The van der Waals surface area contributed by atoms with Gasteiger partial charge in [-0.2, -0.15) is 0 Å². The van der Waals surface area contributed by atoms with Crippen molar-refractivity contribution in [3.8, 4) is 0 Å². The summed E-state index contributed by atoms with van der Waals surface area (Å²) in [4.78, 5) is 1.29. The fourth-order valence-corrected chi connectivity index (χ4v) is 3.07. The van der Waals surface area contributed by atoms with Gasteiger partial charge in [-0.25, -0.2) is 0 Å². The highest BCUT2D eigenvalue weighted by molar-refractivity contribution is 9.10. The Hall–Kier alpha value is -0.930. The van der Waals surface area contributed by atoms with Gasteiger partial charge in [-0.3, -0.25) is 0 Å². The van der Waals surface area contributed by atoms with Crippen molar-refractivity contribution in [1.82, 2.24) is 0 Å². The largest absolute Gasteiger partial charge is 0.377 e. The lowest BCUT2D eigenvalue weighted by Crippen LogP contribution is -2.10. The monoisotopic (exact) mass is 335 g/mol. The molecular formula is C16H18BrNS. The minimum atomic E-state index is 0.339. The smallest absolute Gasteiger partial charge is 0.0512 e. The summed E-state index contributed by atoms with van der Waals surface area (Å²) in [5, 5.41) is 3.65. The van der Waals surface area contributed by atoms with Crippen LogP contribution in [0.5, 0.6) is 0 Å². The van der Waals surface area contributed by atoms with Crippen molar-refractivity contribution in [3.05, 3.63) is 58.6 Å². The minimum Gasteiger partial charge on any atom is -0.377 e. The fraction of sp³-hybridized carbons (Fsp3) is 0.250. The first-order valence-corrected chi connectivity index (χ1v) is 8.41. The predicted octanol–water partition coefficient (Wildman–Crippen LogP) is 5.73. The number of hydrogen-bond acceptors (Lipinski definition) is 2. The molecule has 0 heterocycles. The molecule has 2 aromatic rings. The van der Waals surface area contributed by atoms with Gasteiger partial charge in [0, 0.05) is 15.1 Å². The third-order valence-electron chi connectivity index (χ3n) is 3.10. The van der Waals surface area contributed by atoms with Crippen molar-refractivity contribution in [1.29, 1.82) is 0 Å². The molecule has 1 nitrogen and oxygen atoms in total. The van der Waals surface area contributed by atoms with E-state index in [1.54, 1.807) is 11.8 Å². The van der Waals surface area contributed by atoms with E-state index in [1.165, 1.54) is 16.1 Å². The van der Waals surface area contributed by atoms with Crippen LogP contribution in [0.25, 0.3) is 0 Å². The first-order chi connectivity index (χ1) is 9.24. The SMILES string of the molecule is CCC(Nc1ccccc1SC)c1cccc(Br)c1. The molecule has 100 valence electrons. The van der Waals surface area contributed by atoms with Gasteiger partial charge in [0.2, 0.25) is 0 Å². The molecule has 0 aliphatic heterocycles. The van der Waals surface area contributed by atoms with Gasteiger partial charge >= 0.3 is 0 Å². The van der Waals surface area contributed by atoms with E-state index in [9.17, 15) is 0 Å². The topological polar surface area (TPSA) is 12.0 Å². The number of para-hydroxylation sites is 1. The lowest BCUT2D eigenvalue weighted by Gasteiger charge is -2.20. The van der Waals surface area contributed by atoms with E-state index in [-0.39, 0.29) is 0 Å². The van der Waals surface area contributed by atoms with Gasteiger partial charge in [-0.05, 0) is 42.5 Å². The fourth-order valence-electron chi connectivity index (χ4n) is 2.10. The Kier molecular flexibility index (Phi) is 5.34. The summed E-state index contributed by atoms with van der Waals surface area (Å²) in [5.41, 5.74) is 2.52. The van der Waals surface area contributed by atoms with Crippen LogP contribution in [0.3, 0.4) is 0 Å². The molecule has 0 fully saturated rings. The maximum atomic E-state index is 3.65. The molecule has 1 N–H and O–H groups in total. The van der Waals surface area contributed by atoms with E-state index in [0.717, 1.165) is 10.9 Å². The summed E-state index contributed by atoms with van der Waals surface area (Å²) in [6.07, 6.45) is 3.17. The Labute approximate surface area is 127 Å². The van der Waals surface area contributed by atoms with Gasteiger partial charge in [-0.1, -0.05) is 47.1 Å². The van der Waals surface area contributed by atoms with Crippen LogP contribution in [0, 0.1) is 0 Å². The van der Waals surface area contributed by atoms with Gasteiger partial charge in [0.05, 0.1) is 6.04 Å². The lowest BCUT2D eigenvalue weighted by molar-refractivity contribution is 0.746. The average Bonchev–Trinajstić information content (AvgIpc) is 2.45. The van der Waals surface area contributed by atoms with Crippen LogP contribution in [0.1, 0.15) is 24.9 Å². The molecular weight excluding hydrogens is 318 g/mol. The number of thioether (sulfide) groups is 1. The summed E-state index contributed by atoms with van der Waals surface area (Å²) in [6, 6.07) is 17.3. The zero-order valence-electron chi connectivity index (χ0n) is 11.2. The molecule has 19 heavy (non-hydrogen) atoms. The lowest BCUT2D eigenvalue weighted by atomic mass is 10.0. The highest BCUT2D eigenvalue weighted by atomic mass is 79.9. The summed E-state index contributed by atoms with van der Waals surface area (Å²) in [5.74, 6) is 0. The van der Waals surface area contributed by atoms with Crippen LogP contribution in [0.15, 0.2) is 57.9 Å².